The quantitative estimate of drug-likeness (QED) is 0.668. The third-order valence-corrected chi connectivity index (χ3v) is 3.53. The fourth-order valence-corrected chi connectivity index (χ4v) is 2.27. The molecule has 4 nitrogen and oxygen atoms in total. The summed E-state index contributed by atoms with van der Waals surface area (Å²) in [5.74, 6) is 0.0533. The van der Waals surface area contributed by atoms with Gasteiger partial charge in [-0.15, -0.1) is 0 Å². The van der Waals surface area contributed by atoms with E-state index in [-0.39, 0.29) is 5.91 Å². The van der Waals surface area contributed by atoms with Crippen LogP contribution in [0.1, 0.15) is 22.3 Å². The molecule has 0 saturated carbocycles. The molecule has 0 spiro atoms. The van der Waals surface area contributed by atoms with Crippen molar-refractivity contribution >= 4 is 11.6 Å². The van der Waals surface area contributed by atoms with Crippen molar-refractivity contribution in [1.82, 2.24) is 4.90 Å². The average molecular weight is 260 g/mol. The fraction of sp³-hybridized carbons (Fsp3) is 0.400. The molecule has 1 aromatic rings. The van der Waals surface area contributed by atoms with Crippen LogP contribution in [0.3, 0.4) is 0 Å². The Morgan fingerprint density at radius 1 is 1.47 bits per heavy atom. The maximum atomic E-state index is 12.4. The van der Waals surface area contributed by atoms with E-state index in [1.54, 1.807) is 7.11 Å². The first-order chi connectivity index (χ1) is 9.13. The molecule has 1 heterocycles. The molecule has 0 fully saturated rings. The Morgan fingerprint density at radius 3 is 2.89 bits per heavy atom. The Bertz CT molecular complexity index is 509. The maximum absolute atomic E-state index is 12.4. The van der Waals surface area contributed by atoms with Crippen molar-refractivity contribution in [2.24, 2.45) is 0 Å². The van der Waals surface area contributed by atoms with Gasteiger partial charge in [-0.3, -0.25) is 4.79 Å². The summed E-state index contributed by atoms with van der Waals surface area (Å²) in [5, 5.41) is 0. The van der Waals surface area contributed by atoms with E-state index in [4.69, 9.17) is 10.5 Å². The Labute approximate surface area is 113 Å². The SMILES string of the molecule is COCC1=CCN(C(=O)c2cccc(N)c2C)CC1. The molecule has 2 rings (SSSR count). The van der Waals surface area contributed by atoms with Crippen molar-refractivity contribution in [3.8, 4) is 0 Å². The molecule has 0 atom stereocenters. The number of carbonyl (C=O) groups excluding carboxylic acids is 1. The van der Waals surface area contributed by atoms with Crippen LogP contribution in [0.25, 0.3) is 0 Å². The zero-order valence-electron chi connectivity index (χ0n) is 11.5. The van der Waals surface area contributed by atoms with Gasteiger partial charge in [0.1, 0.15) is 0 Å². The number of hydrogen-bond acceptors (Lipinski definition) is 3. The molecule has 0 bridgehead atoms. The van der Waals surface area contributed by atoms with E-state index >= 15 is 0 Å². The topological polar surface area (TPSA) is 55.6 Å². The molecule has 0 radical (unpaired) electrons. The van der Waals surface area contributed by atoms with E-state index in [9.17, 15) is 4.79 Å². The highest BCUT2D eigenvalue weighted by Gasteiger charge is 2.20. The Morgan fingerprint density at radius 2 is 2.26 bits per heavy atom. The van der Waals surface area contributed by atoms with Gasteiger partial charge in [0.25, 0.3) is 5.91 Å². The zero-order valence-corrected chi connectivity index (χ0v) is 11.5. The minimum Gasteiger partial charge on any atom is -0.398 e. The lowest BCUT2D eigenvalue weighted by atomic mass is 10.0. The van der Waals surface area contributed by atoms with Gasteiger partial charge in [0.15, 0.2) is 0 Å². The van der Waals surface area contributed by atoms with Crippen LogP contribution < -0.4 is 5.73 Å². The summed E-state index contributed by atoms with van der Waals surface area (Å²) >= 11 is 0. The van der Waals surface area contributed by atoms with Gasteiger partial charge in [-0.05, 0) is 36.6 Å². The van der Waals surface area contributed by atoms with Crippen LogP contribution in [0, 0.1) is 6.92 Å². The van der Waals surface area contributed by atoms with Crippen molar-refractivity contribution in [1.29, 1.82) is 0 Å². The Kier molecular flexibility index (Phi) is 4.22. The lowest BCUT2D eigenvalue weighted by Crippen LogP contribution is -2.35. The summed E-state index contributed by atoms with van der Waals surface area (Å²) < 4.78 is 5.11. The van der Waals surface area contributed by atoms with Crippen LogP contribution in [0.5, 0.6) is 0 Å². The van der Waals surface area contributed by atoms with Gasteiger partial charge < -0.3 is 15.4 Å². The molecule has 4 heteroatoms. The van der Waals surface area contributed by atoms with Crippen molar-refractivity contribution in [2.75, 3.05) is 32.5 Å². The molecule has 102 valence electrons. The summed E-state index contributed by atoms with van der Waals surface area (Å²) in [6.45, 7) is 3.92. The second-order valence-corrected chi connectivity index (χ2v) is 4.82. The van der Waals surface area contributed by atoms with E-state index < -0.39 is 0 Å². The van der Waals surface area contributed by atoms with E-state index in [1.807, 2.05) is 30.0 Å². The molecule has 1 aliphatic heterocycles. The van der Waals surface area contributed by atoms with Crippen LogP contribution >= 0.6 is 0 Å². The molecule has 0 unspecified atom stereocenters. The first-order valence-electron chi connectivity index (χ1n) is 6.44. The van der Waals surface area contributed by atoms with Gasteiger partial charge in [-0.25, -0.2) is 0 Å². The summed E-state index contributed by atoms with van der Waals surface area (Å²) in [6, 6.07) is 5.48. The highest BCUT2D eigenvalue weighted by atomic mass is 16.5. The molecule has 1 aromatic carbocycles. The van der Waals surface area contributed by atoms with Gasteiger partial charge in [0.05, 0.1) is 6.61 Å². The molecule has 19 heavy (non-hydrogen) atoms. The number of carbonyl (C=O) groups is 1. The molecule has 0 aliphatic carbocycles. The standard InChI is InChI=1S/C15H20N2O2/c1-11-13(4-3-5-14(11)16)15(18)17-8-6-12(7-9-17)10-19-2/h3-6H,7-10,16H2,1-2H3. The van der Waals surface area contributed by atoms with Crippen LogP contribution in [-0.4, -0.2) is 37.6 Å². The molecule has 1 amide bonds. The minimum absolute atomic E-state index is 0.0533. The number of ether oxygens (including phenoxy) is 1. The Balaban J connectivity index is 2.12. The lowest BCUT2D eigenvalue weighted by molar-refractivity contribution is 0.0764. The van der Waals surface area contributed by atoms with E-state index in [0.717, 1.165) is 18.5 Å². The number of rotatable bonds is 3. The molecular formula is C15H20N2O2. The van der Waals surface area contributed by atoms with E-state index in [2.05, 4.69) is 6.08 Å². The first kappa shape index (κ1) is 13.6. The highest BCUT2D eigenvalue weighted by molar-refractivity contribution is 5.97. The van der Waals surface area contributed by atoms with Crippen LogP contribution in [0.15, 0.2) is 29.8 Å². The van der Waals surface area contributed by atoms with Crippen LogP contribution in [0.2, 0.25) is 0 Å². The minimum atomic E-state index is 0.0533. The molecule has 0 aromatic heterocycles. The monoisotopic (exact) mass is 260 g/mol. The van der Waals surface area contributed by atoms with Gasteiger partial charge in [0.2, 0.25) is 0 Å². The third-order valence-electron chi connectivity index (χ3n) is 3.53. The normalized spacial score (nSPS) is 15.3. The van der Waals surface area contributed by atoms with Crippen LogP contribution in [0.4, 0.5) is 5.69 Å². The predicted molar refractivity (Wildman–Crippen MR) is 76.1 cm³/mol. The number of methoxy groups -OCH3 is 1. The number of amides is 1. The Hall–Kier alpha value is -1.81. The smallest absolute Gasteiger partial charge is 0.254 e. The van der Waals surface area contributed by atoms with Crippen molar-refractivity contribution in [2.45, 2.75) is 13.3 Å². The maximum Gasteiger partial charge on any atom is 0.254 e. The number of benzene rings is 1. The zero-order chi connectivity index (χ0) is 13.8. The van der Waals surface area contributed by atoms with Crippen molar-refractivity contribution in [3.63, 3.8) is 0 Å². The number of hydrogen-bond donors (Lipinski definition) is 1. The second-order valence-electron chi connectivity index (χ2n) is 4.82. The van der Waals surface area contributed by atoms with Gasteiger partial charge >= 0.3 is 0 Å². The fourth-order valence-electron chi connectivity index (χ4n) is 2.27. The third kappa shape index (κ3) is 2.96. The van der Waals surface area contributed by atoms with Gasteiger partial charge in [-0.1, -0.05) is 12.1 Å². The summed E-state index contributed by atoms with van der Waals surface area (Å²) in [6.07, 6.45) is 2.95. The predicted octanol–water partition coefficient (Wildman–Crippen LogP) is 2.00. The van der Waals surface area contributed by atoms with Gasteiger partial charge in [-0.2, -0.15) is 0 Å². The van der Waals surface area contributed by atoms with E-state index in [0.29, 0.717) is 24.4 Å². The second kappa shape index (κ2) is 5.89. The van der Waals surface area contributed by atoms with Crippen LogP contribution in [-0.2, 0) is 4.74 Å². The molecule has 2 N–H and O–H groups in total. The highest BCUT2D eigenvalue weighted by Crippen LogP contribution is 2.19. The first-order valence-corrected chi connectivity index (χ1v) is 6.44. The molecular weight excluding hydrogens is 240 g/mol. The summed E-state index contributed by atoms with van der Waals surface area (Å²) in [7, 11) is 1.69. The number of nitrogen functional groups attached to an aromatic ring is 1. The van der Waals surface area contributed by atoms with Crippen molar-refractivity contribution in [3.05, 3.63) is 41.0 Å². The summed E-state index contributed by atoms with van der Waals surface area (Å²) in [4.78, 5) is 14.3. The molecule has 1 aliphatic rings. The number of anilines is 1. The lowest BCUT2D eigenvalue weighted by Gasteiger charge is -2.27. The number of nitrogens with two attached hydrogens (primary N) is 1. The summed E-state index contributed by atoms with van der Waals surface area (Å²) in [5.41, 5.74) is 9.33. The van der Waals surface area contributed by atoms with E-state index in [1.165, 1.54) is 5.57 Å². The number of nitrogens with zero attached hydrogens (tertiary/aromatic N) is 1. The van der Waals surface area contributed by atoms with Crippen molar-refractivity contribution < 1.29 is 9.53 Å². The molecule has 0 saturated heterocycles. The average Bonchev–Trinajstić information content (AvgIpc) is 2.42. The largest absolute Gasteiger partial charge is 0.398 e. The van der Waals surface area contributed by atoms with Gasteiger partial charge in [0, 0.05) is 31.5 Å².